The predicted molar refractivity (Wildman–Crippen MR) is 105 cm³/mol. The van der Waals surface area contributed by atoms with E-state index in [4.69, 9.17) is 4.74 Å². The molecule has 146 valence electrons. The number of anilines is 2. The average molecular weight is 372 g/mol. The highest BCUT2D eigenvalue weighted by molar-refractivity contribution is 5.51. The first-order chi connectivity index (χ1) is 13.0. The van der Waals surface area contributed by atoms with Crippen molar-refractivity contribution in [3.8, 4) is 5.75 Å². The number of methoxy groups -OCH3 is 1. The summed E-state index contributed by atoms with van der Waals surface area (Å²) < 4.78 is 5.24. The molecule has 3 rings (SSSR count). The van der Waals surface area contributed by atoms with Crippen LogP contribution in [0.15, 0.2) is 30.9 Å². The van der Waals surface area contributed by atoms with Crippen molar-refractivity contribution in [2.24, 2.45) is 0 Å². The summed E-state index contributed by atoms with van der Waals surface area (Å²) in [5.74, 6) is 2.41. The number of nitrogens with zero attached hydrogens (tertiary/aromatic N) is 6. The van der Waals surface area contributed by atoms with E-state index in [0.29, 0.717) is 13.1 Å². The maximum absolute atomic E-state index is 10.1. The van der Waals surface area contributed by atoms with E-state index in [1.807, 2.05) is 39.5 Å². The number of aliphatic hydroxyl groups is 1. The number of pyridine rings is 1. The van der Waals surface area contributed by atoms with Crippen LogP contribution in [0.1, 0.15) is 12.0 Å². The third-order valence-electron chi connectivity index (χ3n) is 4.72. The van der Waals surface area contributed by atoms with Gasteiger partial charge in [0.25, 0.3) is 0 Å². The molecular weight excluding hydrogens is 344 g/mol. The molecule has 1 aliphatic heterocycles. The third kappa shape index (κ3) is 4.84. The highest BCUT2D eigenvalue weighted by atomic mass is 16.5. The van der Waals surface area contributed by atoms with Gasteiger partial charge in [-0.1, -0.05) is 0 Å². The Morgan fingerprint density at radius 3 is 2.78 bits per heavy atom. The number of hydrogen-bond acceptors (Lipinski definition) is 8. The molecule has 1 aliphatic rings. The zero-order valence-electron chi connectivity index (χ0n) is 16.4. The van der Waals surface area contributed by atoms with Crippen LogP contribution in [-0.2, 0) is 6.54 Å². The van der Waals surface area contributed by atoms with Crippen molar-refractivity contribution in [1.82, 2.24) is 19.9 Å². The Balaban J connectivity index is 1.76. The lowest BCUT2D eigenvalue weighted by Gasteiger charge is -2.28. The molecule has 2 aromatic heterocycles. The highest BCUT2D eigenvalue weighted by Gasteiger charge is 2.32. The molecular formula is C19H28N6O2. The van der Waals surface area contributed by atoms with Gasteiger partial charge in [-0.3, -0.25) is 4.98 Å². The summed E-state index contributed by atoms with van der Waals surface area (Å²) in [5, 5.41) is 10.1. The van der Waals surface area contributed by atoms with Gasteiger partial charge in [0.15, 0.2) is 0 Å². The second-order valence-electron chi connectivity index (χ2n) is 7.28. The lowest BCUT2D eigenvalue weighted by atomic mass is 10.2. The number of rotatable bonds is 7. The van der Waals surface area contributed by atoms with Crippen LogP contribution in [0.3, 0.4) is 0 Å². The van der Waals surface area contributed by atoms with Crippen molar-refractivity contribution in [3.63, 3.8) is 0 Å². The molecule has 3 heterocycles. The fourth-order valence-corrected chi connectivity index (χ4v) is 3.49. The zero-order chi connectivity index (χ0) is 19.4. The molecule has 8 heteroatoms. The summed E-state index contributed by atoms with van der Waals surface area (Å²) in [6, 6.07) is 4.19. The van der Waals surface area contributed by atoms with E-state index in [1.165, 1.54) is 0 Å². The van der Waals surface area contributed by atoms with Gasteiger partial charge in [-0.15, -0.1) is 0 Å². The van der Waals surface area contributed by atoms with Gasteiger partial charge < -0.3 is 24.5 Å². The van der Waals surface area contributed by atoms with Crippen LogP contribution < -0.4 is 14.5 Å². The molecule has 1 N–H and O–H groups in total. The topological polar surface area (TPSA) is 77.9 Å². The molecule has 0 radical (unpaired) electrons. The van der Waals surface area contributed by atoms with Crippen LogP contribution in [-0.4, -0.2) is 78.4 Å². The molecule has 1 saturated heterocycles. The molecule has 27 heavy (non-hydrogen) atoms. The lowest BCUT2D eigenvalue weighted by Crippen LogP contribution is -2.38. The number of β-amino-alcohol motifs (C(OH)–C–C–N with tert-alkyl or cyclic N) is 1. The summed E-state index contributed by atoms with van der Waals surface area (Å²) in [6.07, 6.45) is 5.53. The Bertz CT molecular complexity index is 756. The van der Waals surface area contributed by atoms with Crippen LogP contribution in [0, 0.1) is 0 Å². The van der Waals surface area contributed by atoms with Crippen LogP contribution in [0.4, 0.5) is 11.6 Å². The van der Waals surface area contributed by atoms with Gasteiger partial charge in [-0.25, -0.2) is 9.97 Å². The molecule has 1 fully saturated rings. The monoisotopic (exact) mass is 372 g/mol. The van der Waals surface area contributed by atoms with Crippen molar-refractivity contribution in [3.05, 3.63) is 36.4 Å². The van der Waals surface area contributed by atoms with E-state index in [-0.39, 0.29) is 12.1 Å². The highest BCUT2D eigenvalue weighted by Crippen LogP contribution is 2.27. The van der Waals surface area contributed by atoms with E-state index in [9.17, 15) is 5.11 Å². The van der Waals surface area contributed by atoms with Crippen LogP contribution >= 0.6 is 0 Å². The minimum atomic E-state index is -0.325. The molecule has 2 aromatic rings. The summed E-state index contributed by atoms with van der Waals surface area (Å²) in [6.45, 7) is 2.13. The minimum absolute atomic E-state index is 0.241. The minimum Gasteiger partial charge on any atom is -0.495 e. The van der Waals surface area contributed by atoms with Crippen molar-refractivity contribution < 1.29 is 9.84 Å². The molecule has 0 bridgehead atoms. The van der Waals surface area contributed by atoms with Gasteiger partial charge in [-0.2, -0.15) is 0 Å². The summed E-state index contributed by atoms with van der Waals surface area (Å²) in [7, 11) is 7.71. The van der Waals surface area contributed by atoms with Crippen LogP contribution in [0.5, 0.6) is 5.75 Å². The van der Waals surface area contributed by atoms with E-state index < -0.39 is 0 Å². The predicted octanol–water partition coefficient (Wildman–Crippen LogP) is 1.02. The fourth-order valence-electron chi connectivity index (χ4n) is 3.49. The number of aromatic nitrogens is 3. The average Bonchev–Trinajstić information content (AvgIpc) is 3.01. The van der Waals surface area contributed by atoms with Crippen LogP contribution in [0.2, 0.25) is 0 Å². The quantitative estimate of drug-likeness (QED) is 0.772. The maximum atomic E-state index is 10.1. The van der Waals surface area contributed by atoms with E-state index in [2.05, 4.69) is 29.7 Å². The van der Waals surface area contributed by atoms with Crippen molar-refractivity contribution in [1.29, 1.82) is 0 Å². The molecule has 0 aliphatic carbocycles. The van der Waals surface area contributed by atoms with Gasteiger partial charge >= 0.3 is 0 Å². The second-order valence-corrected chi connectivity index (χ2v) is 7.28. The van der Waals surface area contributed by atoms with Gasteiger partial charge in [-0.05, 0) is 32.1 Å². The van der Waals surface area contributed by atoms with Crippen molar-refractivity contribution >= 4 is 11.6 Å². The Morgan fingerprint density at radius 2 is 2.04 bits per heavy atom. The second kappa shape index (κ2) is 8.49. The van der Waals surface area contributed by atoms with Crippen molar-refractivity contribution in [2.45, 2.75) is 25.1 Å². The molecule has 0 saturated carbocycles. The Hall–Kier alpha value is -2.45. The SMILES string of the molecule is COc1cncc(CN(C)c2cc(N3C[C@H](O)C[C@@H]3CN(C)C)ncn2)c1. The molecule has 0 aromatic carbocycles. The largest absolute Gasteiger partial charge is 0.495 e. The number of aliphatic hydroxyl groups excluding tert-OH is 1. The standard InChI is InChI=1S/C19H28N6O2/c1-23(2)11-15-6-16(26)12-25(15)19-7-18(21-13-22-19)24(3)10-14-5-17(27-4)9-20-8-14/h5,7-9,13,15-16,26H,6,10-12H2,1-4H3/t15-,16-/m1/s1. The summed E-state index contributed by atoms with van der Waals surface area (Å²) in [4.78, 5) is 19.4. The first-order valence-electron chi connectivity index (χ1n) is 9.06. The lowest BCUT2D eigenvalue weighted by molar-refractivity contribution is 0.191. The van der Waals surface area contributed by atoms with Gasteiger partial charge in [0.05, 0.1) is 19.4 Å². The maximum Gasteiger partial charge on any atom is 0.137 e. The molecule has 8 nitrogen and oxygen atoms in total. The smallest absolute Gasteiger partial charge is 0.137 e. The summed E-state index contributed by atoms with van der Waals surface area (Å²) in [5.41, 5.74) is 1.04. The van der Waals surface area contributed by atoms with Gasteiger partial charge in [0.1, 0.15) is 23.7 Å². The fraction of sp³-hybridized carbons (Fsp3) is 0.526. The van der Waals surface area contributed by atoms with Crippen LogP contribution in [0.25, 0.3) is 0 Å². The molecule has 0 amide bonds. The van der Waals surface area contributed by atoms with E-state index >= 15 is 0 Å². The number of ether oxygens (including phenoxy) is 1. The van der Waals surface area contributed by atoms with Gasteiger partial charge in [0.2, 0.25) is 0 Å². The Kier molecular flexibility index (Phi) is 6.08. The number of hydrogen-bond donors (Lipinski definition) is 1. The summed E-state index contributed by atoms with van der Waals surface area (Å²) >= 11 is 0. The van der Waals surface area contributed by atoms with Crippen molar-refractivity contribution in [2.75, 3.05) is 51.1 Å². The normalized spacial score (nSPS) is 19.6. The molecule has 0 unspecified atom stereocenters. The zero-order valence-corrected chi connectivity index (χ0v) is 16.4. The number of likely N-dealkylation sites (N-methyl/N-ethyl adjacent to an activating group) is 1. The molecule has 2 atom stereocenters. The first-order valence-corrected chi connectivity index (χ1v) is 9.06. The van der Waals surface area contributed by atoms with E-state index in [1.54, 1.807) is 19.6 Å². The van der Waals surface area contributed by atoms with E-state index in [0.717, 1.165) is 35.9 Å². The molecule has 0 spiro atoms. The first kappa shape index (κ1) is 19.3. The Labute approximate surface area is 160 Å². The Morgan fingerprint density at radius 1 is 1.22 bits per heavy atom. The third-order valence-corrected chi connectivity index (χ3v) is 4.72. The van der Waals surface area contributed by atoms with Gasteiger partial charge in [0, 0.05) is 45.0 Å².